The Kier molecular flexibility index (Phi) is 3.57. The van der Waals surface area contributed by atoms with Crippen molar-refractivity contribution in [2.45, 2.75) is 26.8 Å². The number of nitrogens with zero attached hydrogens (tertiary/aromatic N) is 2. The van der Waals surface area contributed by atoms with Crippen molar-refractivity contribution < 1.29 is 4.79 Å². The lowest BCUT2D eigenvalue weighted by molar-refractivity contribution is 0.102. The van der Waals surface area contributed by atoms with Crippen molar-refractivity contribution in [2.24, 2.45) is 0 Å². The Bertz CT molecular complexity index is 802. The second-order valence-corrected chi connectivity index (χ2v) is 5.08. The number of ketones is 1. The summed E-state index contributed by atoms with van der Waals surface area (Å²) in [5.41, 5.74) is 2.34. The number of carbonyl (C=O) groups excluding carboxylic acids is 1. The predicted octanol–water partition coefficient (Wildman–Crippen LogP) is 3.85. The topological polar surface area (TPSA) is 34.9 Å². The molecule has 0 amide bonds. The van der Waals surface area contributed by atoms with E-state index in [1.165, 1.54) is 0 Å². The molecule has 21 heavy (non-hydrogen) atoms. The van der Waals surface area contributed by atoms with Crippen molar-refractivity contribution in [3.8, 4) is 0 Å². The second kappa shape index (κ2) is 5.52. The van der Waals surface area contributed by atoms with Gasteiger partial charge in [-0.3, -0.25) is 9.48 Å². The van der Waals surface area contributed by atoms with Crippen LogP contribution in [0.25, 0.3) is 10.8 Å². The molecular weight excluding hydrogens is 260 g/mol. The normalized spacial score (nSPS) is 11.0. The minimum absolute atomic E-state index is 0.0369. The highest BCUT2D eigenvalue weighted by Gasteiger charge is 2.16. The zero-order valence-electron chi connectivity index (χ0n) is 12.3. The van der Waals surface area contributed by atoms with Crippen molar-refractivity contribution >= 4 is 16.6 Å². The molecule has 0 bridgehead atoms. The van der Waals surface area contributed by atoms with Gasteiger partial charge in [-0.2, -0.15) is 5.10 Å². The van der Waals surface area contributed by atoms with Crippen LogP contribution in [-0.2, 0) is 13.0 Å². The molecule has 0 unspecified atom stereocenters. The van der Waals surface area contributed by atoms with Gasteiger partial charge < -0.3 is 0 Å². The molecule has 1 heterocycles. The van der Waals surface area contributed by atoms with Crippen LogP contribution in [0.4, 0.5) is 0 Å². The first-order valence-electron chi connectivity index (χ1n) is 7.33. The molecule has 3 rings (SSSR count). The Balaban J connectivity index is 2.05. The highest BCUT2D eigenvalue weighted by molar-refractivity contribution is 6.09. The summed E-state index contributed by atoms with van der Waals surface area (Å²) in [5.74, 6) is 0.0369. The molecule has 3 heteroatoms. The van der Waals surface area contributed by atoms with Crippen LogP contribution in [0.1, 0.15) is 35.6 Å². The smallest absolute Gasteiger partial charge is 0.211 e. The molecule has 106 valence electrons. The summed E-state index contributed by atoms with van der Waals surface area (Å²) in [6.07, 6.45) is 0.838. The highest BCUT2D eigenvalue weighted by atomic mass is 16.1. The molecule has 0 N–H and O–H groups in total. The van der Waals surface area contributed by atoms with Crippen LogP contribution in [0.5, 0.6) is 0 Å². The summed E-state index contributed by atoms with van der Waals surface area (Å²) in [5, 5.41) is 6.68. The average molecular weight is 278 g/mol. The van der Waals surface area contributed by atoms with Crippen molar-refractivity contribution in [3.05, 3.63) is 65.5 Å². The Morgan fingerprint density at radius 3 is 2.52 bits per heavy atom. The van der Waals surface area contributed by atoms with Gasteiger partial charge in [0, 0.05) is 12.1 Å². The quantitative estimate of drug-likeness (QED) is 0.679. The molecular formula is C18H18N2O. The van der Waals surface area contributed by atoms with Crippen molar-refractivity contribution in [2.75, 3.05) is 0 Å². The van der Waals surface area contributed by atoms with E-state index in [1.54, 1.807) is 4.68 Å². The highest BCUT2D eigenvalue weighted by Crippen LogP contribution is 2.19. The lowest BCUT2D eigenvalue weighted by atomic mass is 10.0. The van der Waals surface area contributed by atoms with E-state index >= 15 is 0 Å². The van der Waals surface area contributed by atoms with Crippen LogP contribution in [0, 0.1) is 0 Å². The monoisotopic (exact) mass is 278 g/mol. The zero-order valence-corrected chi connectivity index (χ0v) is 12.3. The van der Waals surface area contributed by atoms with E-state index in [4.69, 9.17) is 0 Å². The van der Waals surface area contributed by atoms with E-state index < -0.39 is 0 Å². The summed E-state index contributed by atoms with van der Waals surface area (Å²) in [4.78, 5) is 12.7. The maximum absolute atomic E-state index is 12.7. The maximum Gasteiger partial charge on any atom is 0.211 e. The van der Waals surface area contributed by atoms with E-state index in [-0.39, 0.29) is 5.78 Å². The fourth-order valence-electron chi connectivity index (χ4n) is 2.55. The minimum atomic E-state index is 0.0369. The lowest BCUT2D eigenvalue weighted by Gasteiger charge is -2.05. The lowest BCUT2D eigenvalue weighted by Crippen LogP contribution is -2.10. The molecule has 0 saturated heterocycles. The first-order valence-corrected chi connectivity index (χ1v) is 7.33. The molecule has 2 aromatic carbocycles. The second-order valence-electron chi connectivity index (χ2n) is 5.08. The van der Waals surface area contributed by atoms with Gasteiger partial charge in [0.1, 0.15) is 5.69 Å². The molecule has 1 aromatic heterocycles. The van der Waals surface area contributed by atoms with Gasteiger partial charge in [0.05, 0.1) is 5.69 Å². The van der Waals surface area contributed by atoms with Crippen LogP contribution in [0.2, 0.25) is 0 Å². The van der Waals surface area contributed by atoms with Crippen LogP contribution >= 0.6 is 0 Å². The Morgan fingerprint density at radius 1 is 1.05 bits per heavy atom. The van der Waals surface area contributed by atoms with Crippen molar-refractivity contribution in [3.63, 3.8) is 0 Å². The number of benzene rings is 2. The third-order valence-electron chi connectivity index (χ3n) is 3.74. The van der Waals surface area contributed by atoms with Gasteiger partial charge in [0.15, 0.2) is 0 Å². The first kappa shape index (κ1) is 13.6. The van der Waals surface area contributed by atoms with Crippen LogP contribution in [0.15, 0.2) is 48.5 Å². The van der Waals surface area contributed by atoms with Gasteiger partial charge >= 0.3 is 0 Å². The summed E-state index contributed by atoms with van der Waals surface area (Å²) >= 11 is 0. The summed E-state index contributed by atoms with van der Waals surface area (Å²) in [6, 6.07) is 15.8. The predicted molar refractivity (Wildman–Crippen MR) is 84.7 cm³/mol. The number of hydrogen-bond donors (Lipinski definition) is 0. The molecule has 0 saturated carbocycles. The Hall–Kier alpha value is -2.42. The average Bonchev–Trinajstić information content (AvgIpc) is 2.97. The fraction of sp³-hybridized carbons (Fsp3) is 0.222. The van der Waals surface area contributed by atoms with E-state index in [0.717, 1.165) is 22.9 Å². The molecule has 0 aliphatic carbocycles. The van der Waals surface area contributed by atoms with Crippen molar-refractivity contribution in [1.82, 2.24) is 9.78 Å². The van der Waals surface area contributed by atoms with E-state index in [0.29, 0.717) is 17.8 Å². The SMILES string of the molecule is CCc1cc(C(=O)c2ccc3ccccc3c2)n(CC)n1. The van der Waals surface area contributed by atoms with Crippen LogP contribution in [0.3, 0.4) is 0 Å². The van der Waals surface area contributed by atoms with Gasteiger partial charge in [0.2, 0.25) is 5.78 Å². The summed E-state index contributed by atoms with van der Waals surface area (Å²) < 4.78 is 1.79. The molecule has 0 atom stereocenters. The molecule has 0 aliphatic heterocycles. The molecule has 0 radical (unpaired) electrons. The maximum atomic E-state index is 12.7. The van der Waals surface area contributed by atoms with Gasteiger partial charge in [-0.05, 0) is 36.2 Å². The standard InChI is InChI=1S/C18H18N2O/c1-3-16-12-17(20(4-2)19-16)18(21)15-10-9-13-7-5-6-8-14(13)11-15/h5-12H,3-4H2,1-2H3. The van der Waals surface area contributed by atoms with Crippen molar-refractivity contribution in [1.29, 1.82) is 0 Å². The van der Waals surface area contributed by atoms with Gasteiger partial charge in [-0.25, -0.2) is 0 Å². The molecule has 0 aliphatic rings. The van der Waals surface area contributed by atoms with Gasteiger partial charge in [-0.15, -0.1) is 0 Å². The molecule has 3 nitrogen and oxygen atoms in total. The summed E-state index contributed by atoms with van der Waals surface area (Å²) in [7, 11) is 0. The van der Waals surface area contributed by atoms with Gasteiger partial charge in [-0.1, -0.05) is 43.3 Å². The summed E-state index contributed by atoms with van der Waals surface area (Å²) in [6.45, 7) is 4.75. The Labute approximate surface area is 124 Å². The number of fused-ring (bicyclic) bond motifs is 1. The van der Waals surface area contributed by atoms with E-state index in [9.17, 15) is 4.79 Å². The van der Waals surface area contributed by atoms with Crippen LogP contribution < -0.4 is 0 Å². The Morgan fingerprint density at radius 2 is 1.81 bits per heavy atom. The number of carbonyl (C=O) groups is 1. The number of rotatable bonds is 4. The van der Waals surface area contributed by atoms with E-state index in [1.807, 2.05) is 56.3 Å². The number of aromatic nitrogens is 2. The molecule has 0 fully saturated rings. The third kappa shape index (κ3) is 2.47. The minimum Gasteiger partial charge on any atom is -0.287 e. The number of hydrogen-bond acceptors (Lipinski definition) is 2. The van der Waals surface area contributed by atoms with E-state index in [2.05, 4.69) is 11.2 Å². The molecule has 0 spiro atoms. The van der Waals surface area contributed by atoms with Crippen LogP contribution in [-0.4, -0.2) is 15.6 Å². The molecule has 3 aromatic rings. The largest absolute Gasteiger partial charge is 0.287 e. The zero-order chi connectivity index (χ0) is 14.8. The number of aryl methyl sites for hydroxylation is 2. The first-order chi connectivity index (χ1) is 10.2. The third-order valence-corrected chi connectivity index (χ3v) is 3.74. The fourth-order valence-corrected chi connectivity index (χ4v) is 2.55. The van der Waals surface area contributed by atoms with Gasteiger partial charge in [0.25, 0.3) is 0 Å².